The smallest absolute Gasteiger partial charge is 0.128 e. The van der Waals surface area contributed by atoms with Gasteiger partial charge < -0.3 is 10.6 Å². The Kier molecular flexibility index (Phi) is 3.03. The first-order valence-electron chi connectivity index (χ1n) is 5.87. The molecule has 0 amide bonds. The molecule has 0 fully saturated rings. The normalized spacial score (nSPS) is 18.9. The zero-order valence-electron chi connectivity index (χ0n) is 10.1. The molecule has 3 heteroatoms. The lowest BCUT2D eigenvalue weighted by atomic mass is 10.0. The minimum absolute atomic E-state index is 0.143. The van der Waals surface area contributed by atoms with Crippen LogP contribution in [0.1, 0.15) is 25.8 Å². The predicted octanol–water partition coefficient (Wildman–Crippen LogP) is 3.39. The van der Waals surface area contributed by atoms with E-state index in [1.54, 1.807) is 13.0 Å². The second-order valence-electron chi connectivity index (χ2n) is 5.00. The van der Waals surface area contributed by atoms with Crippen molar-refractivity contribution in [1.29, 1.82) is 0 Å². The largest absolute Gasteiger partial charge is 0.381 e. The number of rotatable bonds is 2. The maximum Gasteiger partial charge on any atom is 0.128 e. The SMILES string of the molecule is Cc1cc2c(cc1F)NCC(CC(C)C)N2. The molecule has 1 atom stereocenters. The van der Waals surface area contributed by atoms with Crippen molar-refractivity contribution in [3.8, 4) is 0 Å². The van der Waals surface area contributed by atoms with Crippen molar-refractivity contribution in [2.24, 2.45) is 5.92 Å². The first-order chi connectivity index (χ1) is 7.56. The Labute approximate surface area is 96.2 Å². The van der Waals surface area contributed by atoms with Crippen molar-refractivity contribution in [3.05, 3.63) is 23.5 Å². The summed E-state index contributed by atoms with van der Waals surface area (Å²) in [6, 6.07) is 3.89. The second-order valence-corrected chi connectivity index (χ2v) is 5.00. The molecule has 1 unspecified atom stereocenters. The molecule has 1 aromatic carbocycles. The molecule has 1 aliphatic heterocycles. The number of benzene rings is 1. The minimum atomic E-state index is -0.143. The van der Waals surface area contributed by atoms with Gasteiger partial charge in [-0.05, 0) is 37.0 Å². The van der Waals surface area contributed by atoms with E-state index in [0.717, 1.165) is 24.3 Å². The number of nitrogens with one attached hydrogen (secondary N) is 2. The van der Waals surface area contributed by atoms with Gasteiger partial charge >= 0.3 is 0 Å². The van der Waals surface area contributed by atoms with Gasteiger partial charge in [0.2, 0.25) is 0 Å². The van der Waals surface area contributed by atoms with Crippen molar-refractivity contribution >= 4 is 11.4 Å². The van der Waals surface area contributed by atoms with Crippen LogP contribution in [0.2, 0.25) is 0 Å². The van der Waals surface area contributed by atoms with Crippen LogP contribution in [0.4, 0.5) is 15.8 Å². The summed E-state index contributed by atoms with van der Waals surface area (Å²) in [5.41, 5.74) is 2.59. The topological polar surface area (TPSA) is 24.1 Å². The molecular formula is C13H19FN2. The summed E-state index contributed by atoms with van der Waals surface area (Å²) in [5, 5.41) is 6.75. The van der Waals surface area contributed by atoms with E-state index in [4.69, 9.17) is 0 Å². The number of hydrogen-bond donors (Lipinski definition) is 2. The van der Waals surface area contributed by atoms with Gasteiger partial charge in [0.05, 0.1) is 11.4 Å². The van der Waals surface area contributed by atoms with Gasteiger partial charge in [-0.2, -0.15) is 0 Å². The van der Waals surface area contributed by atoms with E-state index in [2.05, 4.69) is 24.5 Å². The third-order valence-corrected chi connectivity index (χ3v) is 2.95. The van der Waals surface area contributed by atoms with Gasteiger partial charge in [0.25, 0.3) is 0 Å². The molecule has 2 rings (SSSR count). The fraction of sp³-hybridized carbons (Fsp3) is 0.538. The number of anilines is 2. The molecule has 0 spiro atoms. The molecule has 1 aromatic rings. The lowest BCUT2D eigenvalue weighted by Gasteiger charge is -2.29. The van der Waals surface area contributed by atoms with Crippen LogP contribution in [0.5, 0.6) is 0 Å². The van der Waals surface area contributed by atoms with Crippen LogP contribution in [0.25, 0.3) is 0 Å². The van der Waals surface area contributed by atoms with E-state index in [1.165, 1.54) is 0 Å². The molecule has 0 radical (unpaired) electrons. The zero-order chi connectivity index (χ0) is 11.7. The van der Waals surface area contributed by atoms with E-state index >= 15 is 0 Å². The van der Waals surface area contributed by atoms with Gasteiger partial charge in [-0.25, -0.2) is 4.39 Å². The predicted molar refractivity (Wildman–Crippen MR) is 66.5 cm³/mol. The van der Waals surface area contributed by atoms with E-state index < -0.39 is 0 Å². The molecule has 1 heterocycles. The Morgan fingerprint density at radius 3 is 2.81 bits per heavy atom. The summed E-state index contributed by atoms with van der Waals surface area (Å²) < 4.78 is 13.3. The Bertz CT molecular complexity index is 388. The van der Waals surface area contributed by atoms with Crippen LogP contribution >= 0.6 is 0 Å². The number of fused-ring (bicyclic) bond motifs is 1. The number of halogens is 1. The van der Waals surface area contributed by atoms with Gasteiger partial charge in [0.15, 0.2) is 0 Å². The minimum Gasteiger partial charge on any atom is -0.381 e. The summed E-state index contributed by atoms with van der Waals surface area (Å²) in [5.74, 6) is 0.526. The van der Waals surface area contributed by atoms with Gasteiger partial charge in [0.1, 0.15) is 5.82 Å². The van der Waals surface area contributed by atoms with Crippen LogP contribution in [0.3, 0.4) is 0 Å². The van der Waals surface area contributed by atoms with Crippen molar-refractivity contribution in [3.63, 3.8) is 0 Å². The molecule has 16 heavy (non-hydrogen) atoms. The Balaban J connectivity index is 2.17. The molecule has 0 saturated carbocycles. The Morgan fingerprint density at radius 1 is 1.38 bits per heavy atom. The highest BCUT2D eigenvalue weighted by atomic mass is 19.1. The molecule has 88 valence electrons. The average molecular weight is 222 g/mol. The van der Waals surface area contributed by atoms with Crippen molar-refractivity contribution in [2.45, 2.75) is 33.2 Å². The van der Waals surface area contributed by atoms with Crippen LogP contribution < -0.4 is 10.6 Å². The zero-order valence-corrected chi connectivity index (χ0v) is 10.1. The van der Waals surface area contributed by atoms with Crippen molar-refractivity contribution in [2.75, 3.05) is 17.2 Å². The van der Waals surface area contributed by atoms with E-state index in [1.807, 2.05) is 6.07 Å². The van der Waals surface area contributed by atoms with Crippen LogP contribution in [-0.2, 0) is 0 Å². The highest BCUT2D eigenvalue weighted by Crippen LogP contribution is 2.30. The monoisotopic (exact) mass is 222 g/mol. The fourth-order valence-electron chi connectivity index (χ4n) is 2.16. The molecule has 0 aliphatic carbocycles. The molecule has 2 N–H and O–H groups in total. The molecule has 0 saturated heterocycles. The highest BCUT2D eigenvalue weighted by Gasteiger charge is 2.19. The summed E-state index contributed by atoms with van der Waals surface area (Å²) in [7, 11) is 0. The van der Waals surface area contributed by atoms with E-state index in [0.29, 0.717) is 17.5 Å². The summed E-state index contributed by atoms with van der Waals surface area (Å²) in [6.45, 7) is 7.09. The fourth-order valence-corrected chi connectivity index (χ4v) is 2.16. The Hall–Kier alpha value is -1.25. The van der Waals surface area contributed by atoms with Crippen molar-refractivity contribution < 1.29 is 4.39 Å². The second kappa shape index (κ2) is 4.32. The summed E-state index contributed by atoms with van der Waals surface area (Å²) >= 11 is 0. The van der Waals surface area contributed by atoms with Crippen LogP contribution in [-0.4, -0.2) is 12.6 Å². The molecule has 0 aromatic heterocycles. The maximum absolute atomic E-state index is 13.3. The lowest BCUT2D eigenvalue weighted by Crippen LogP contribution is -2.34. The summed E-state index contributed by atoms with van der Waals surface area (Å²) in [6.07, 6.45) is 1.13. The van der Waals surface area contributed by atoms with Gasteiger partial charge in [0, 0.05) is 12.6 Å². The van der Waals surface area contributed by atoms with E-state index in [-0.39, 0.29) is 5.82 Å². The van der Waals surface area contributed by atoms with Crippen LogP contribution in [0.15, 0.2) is 12.1 Å². The number of aryl methyl sites for hydroxylation is 1. The van der Waals surface area contributed by atoms with Crippen LogP contribution in [0, 0.1) is 18.7 Å². The lowest BCUT2D eigenvalue weighted by molar-refractivity contribution is 0.524. The third kappa shape index (κ3) is 2.29. The molecule has 0 bridgehead atoms. The maximum atomic E-state index is 13.3. The highest BCUT2D eigenvalue weighted by molar-refractivity contribution is 5.72. The molecular weight excluding hydrogens is 203 g/mol. The van der Waals surface area contributed by atoms with Gasteiger partial charge in [-0.3, -0.25) is 0 Å². The quantitative estimate of drug-likeness (QED) is 0.801. The van der Waals surface area contributed by atoms with Gasteiger partial charge in [-0.15, -0.1) is 0 Å². The molecule has 1 aliphatic rings. The number of hydrogen-bond acceptors (Lipinski definition) is 2. The first-order valence-corrected chi connectivity index (χ1v) is 5.87. The van der Waals surface area contributed by atoms with Gasteiger partial charge in [-0.1, -0.05) is 13.8 Å². The molecule has 2 nitrogen and oxygen atoms in total. The van der Waals surface area contributed by atoms with E-state index in [9.17, 15) is 4.39 Å². The standard InChI is InChI=1S/C13H19FN2/c1-8(2)4-10-7-15-12-6-11(14)9(3)5-13(12)16-10/h5-6,8,10,15-16H,4,7H2,1-3H3. The average Bonchev–Trinajstić information content (AvgIpc) is 2.19. The first kappa shape index (κ1) is 11.2. The Morgan fingerprint density at radius 2 is 2.12 bits per heavy atom. The van der Waals surface area contributed by atoms with Crippen molar-refractivity contribution in [1.82, 2.24) is 0 Å². The third-order valence-electron chi connectivity index (χ3n) is 2.95. The summed E-state index contributed by atoms with van der Waals surface area (Å²) in [4.78, 5) is 0.